The summed E-state index contributed by atoms with van der Waals surface area (Å²) in [5, 5.41) is 31.7. The summed E-state index contributed by atoms with van der Waals surface area (Å²) in [4.78, 5) is 31.2. The Balaban J connectivity index is 1.14. The number of hydrogen-bond acceptors (Lipinski definition) is 13. The molecule has 260 valence electrons. The van der Waals surface area contributed by atoms with E-state index < -0.39 is 36.7 Å². The highest BCUT2D eigenvalue weighted by Gasteiger charge is 2.57. The van der Waals surface area contributed by atoms with Crippen LogP contribution < -0.4 is 19.7 Å². The summed E-state index contributed by atoms with van der Waals surface area (Å²) >= 11 is 0. The van der Waals surface area contributed by atoms with Crippen molar-refractivity contribution >= 4 is 23.4 Å². The van der Waals surface area contributed by atoms with Gasteiger partial charge in [0.2, 0.25) is 11.8 Å². The molecule has 14 nitrogen and oxygen atoms in total. The minimum Gasteiger partial charge on any atom is -0.480 e. The quantitative estimate of drug-likeness (QED) is 0.285. The minimum atomic E-state index is -3.52. The van der Waals surface area contributed by atoms with Gasteiger partial charge in [-0.2, -0.15) is 10.2 Å². The van der Waals surface area contributed by atoms with E-state index in [1.807, 2.05) is 18.2 Å². The first-order valence-electron chi connectivity index (χ1n) is 15.9. The summed E-state index contributed by atoms with van der Waals surface area (Å²) < 4.78 is 47.4. The number of rotatable bonds is 10. The molecule has 3 aliphatic rings. The third-order valence-electron chi connectivity index (χ3n) is 9.24. The number of alkyl halides is 2. The van der Waals surface area contributed by atoms with E-state index >= 15 is 8.78 Å². The number of aliphatic hydroxyl groups is 2. The van der Waals surface area contributed by atoms with Crippen LogP contribution in [0.4, 0.5) is 26.2 Å². The fourth-order valence-electron chi connectivity index (χ4n) is 6.08. The molecule has 1 aromatic carbocycles. The predicted octanol–water partition coefficient (Wildman–Crippen LogP) is 2.04. The molecule has 3 saturated heterocycles. The Labute approximate surface area is 281 Å². The Morgan fingerprint density at radius 3 is 2.59 bits per heavy atom. The fourth-order valence-corrected chi connectivity index (χ4v) is 6.08. The maximum absolute atomic E-state index is 15.3. The molecule has 16 heteroatoms. The second-order valence-corrected chi connectivity index (χ2v) is 12.4. The van der Waals surface area contributed by atoms with Crippen molar-refractivity contribution in [3.05, 3.63) is 48.2 Å². The maximum Gasteiger partial charge on any atom is 0.303 e. The zero-order chi connectivity index (χ0) is 34.8. The van der Waals surface area contributed by atoms with Crippen LogP contribution in [0, 0.1) is 11.3 Å². The third-order valence-corrected chi connectivity index (χ3v) is 9.24. The van der Waals surface area contributed by atoms with Gasteiger partial charge in [-0.1, -0.05) is 0 Å². The van der Waals surface area contributed by atoms with Crippen LogP contribution in [-0.4, -0.2) is 131 Å². The number of nitrogens with one attached hydrogen (secondary N) is 1. The number of carbonyl (C=O) groups is 1. The van der Waals surface area contributed by atoms with Gasteiger partial charge in [0, 0.05) is 50.9 Å². The van der Waals surface area contributed by atoms with E-state index in [0.29, 0.717) is 29.0 Å². The van der Waals surface area contributed by atoms with Gasteiger partial charge in [-0.25, -0.2) is 18.7 Å². The molecule has 5 heterocycles. The van der Waals surface area contributed by atoms with Gasteiger partial charge in [0.25, 0.3) is 5.91 Å². The van der Waals surface area contributed by atoms with E-state index in [1.165, 1.54) is 19.1 Å². The summed E-state index contributed by atoms with van der Waals surface area (Å²) in [6, 6.07) is 12.5. The highest BCUT2D eigenvalue weighted by molar-refractivity contribution is 5.81. The van der Waals surface area contributed by atoms with Crippen molar-refractivity contribution < 1.29 is 38.0 Å². The number of ether oxygens (including phenoxy) is 3. The number of pyridine rings is 1. The smallest absolute Gasteiger partial charge is 0.303 e. The van der Waals surface area contributed by atoms with E-state index in [1.54, 1.807) is 25.4 Å². The summed E-state index contributed by atoms with van der Waals surface area (Å²) in [7, 11) is 1.57. The molecule has 3 aromatic rings. The first kappa shape index (κ1) is 34.2. The van der Waals surface area contributed by atoms with E-state index in [-0.39, 0.29) is 30.2 Å². The lowest BCUT2D eigenvalue weighted by Gasteiger charge is -2.45. The van der Waals surface area contributed by atoms with Crippen LogP contribution in [0.15, 0.2) is 42.6 Å². The van der Waals surface area contributed by atoms with Crippen molar-refractivity contribution in [3.63, 3.8) is 0 Å². The molecule has 2 atom stereocenters. The highest BCUT2D eigenvalue weighted by Crippen LogP contribution is 2.41. The van der Waals surface area contributed by atoms with E-state index in [9.17, 15) is 15.2 Å². The summed E-state index contributed by atoms with van der Waals surface area (Å²) in [5.41, 5.74) is -0.149. The number of amides is 1. The first-order chi connectivity index (χ1) is 23.5. The van der Waals surface area contributed by atoms with E-state index in [4.69, 9.17) is 19.3 Å². The largest absolute Gasteiger partial charge is 0.480 e. The van der Waals surface area contributed by atoms with E-state index in [0.717, 1.165) is 50.0 Å². The molecular formula is C33H38F2N8O6. The number of anilines is 3. The lowest BCUT2D eigenvalue weighted by molar-refractivity contribution is -0.200. The Bertz CT molecular complexity index is 1710. The number of likely N-dealkylation sites (tertiary alicyclic amines) is 1. The molecule has 0 saturated carbocycles. The number of methoxy groups -OCH3 is 1. The van der Waals surface area contributed by atoms with Gasteiger partial charge < -0.3 is 39.5 Å². The van der Waals surface area contributed by atoms with Crippen LogP contribution >= 0.6 is 0 Å². The summed E-state index contributed by atoms with van der Waals surface area (Å²) in [6.07, 6.45) is -0.506. The average Bonchev–Trinajstić information content (AvgIpc) is 3.08. The summed E-state index contributed by atoms with van der Waals surface area (Å²) in [6.45, 7) is 4.35. The number of aliphatic hydroxyl groups excluding tert-OH is 2. The average molecular weight is 681 g/mol. The molecule has 6 rings (SSSR count). The van der Waals surface area contributed by atoms with Crippen molar-refractivity contribution in [1.29, 1.82) is 5.26 Å². The van der Waals surface area contributed by atoms with E-state index in [2.05, 4.69) is 30.1 Å². The lowest BCUT2D eigenvalue weighted by atomic mass is 9.88. The molecule has 1 unspecified atom stereocenters. The number of hydrogen-bond donors (Lipinski definition) is 3. The number of piperidine rings is 1. The number of nitrogens with zero attached hydrogens (tertiary/aromatic N) is 7. The molecule has 0 radical (unpaired) electrons. The summed E-state index contributed by atoms with van der Waals surface area (Å²) in [5.74, 6) is -3.38. The molecule has 49 heavy (non-hydrogen) atoms. The zero-order valence-electron chi connectivity index (χ0n) is 27.2. The van der Waals surface area contributed by atoms with Crippen LogP contribution in [0.3, 0.4) is 0 Å². The van der Waals surface area contributed by atoms with Crippen molar-refractivity contribution in [2.45, 2.75) is 37.0 Å². The predicted molar refractivity (Wildman–Crippen MR) is 173 cm³/mol. The fraction of sp³-hybridized carbons (Fsp3) is 0.485. The Morgan fingerprint density at radius 2 is 1.94 bits per heavy atom. The molecule has 3 N–H and O–H groups in total. The first-order valence-corrected chi connectivity index (χ1v) is 15.9. The van der Waals surface area contributed by atoms with Gasteiger partial charge in [-0.15, -0.1) is 0 Å². The number of halogens is 2. The molecule has 2 aromatic heterocycles. The molecule has 0 aliphatic carbocycles. The molecular weight excluding hydrogens is 642 g/mol. The highest BCUT2D eigenvalue weighted by atomic mass is 19.3. The van der Waals surface area contributed by atoms with Crippen molar-refractivity contribution in [2.75, 3.05) is 76.4 Å². The van der Waals surface area contributed by atoms with Gasteiger partial charge in [0.1, 0.15) is 23.3 Å². The van der Waals surface area contributed by atoms with Gasteiger partial charge in [-0.05, 0) is 43.3 Å². The van der Waals surface area contributed by atoms with Crippen LogP contribution in [-0.2, 0) is 9.53 Å². The molecule has 3 fully saturated rings. The third kappa shape index (κ3) is 7.06. The van der Waals surface area contributed by atoms with Gasteiger partial charge in [0.15, 0.2) is 11.7 Å². The second kappa shape index (κ2) is 14.0. The molecule has 1 amide bonds. The number of aromatic nitrogens is 3. The lowest BCUT2D eigenvalue weighted by Crippen LogP contribution is -2.63. The van der Waals surface area contributed by atoms with Crippen LogP contribution in [0.1, 0.15) is 18.9 Å². The van der Waals surface area contributed by atoms with Crippen molar-refractivity contribution in [3.8, 4) is 29.0 Å². The number of piperazine rings is 1. The van der Waals surface area contributed by atoms with Crippen LogP contribution in [0.2, 0.25) is 0 Å². The normalized spacial score (nSPS) is 21.7. The number of nitriles is 1. The Hall–Kier alpha value is -4.69. The minimum absolute atomic E-state index is 0.0145. The van der Waals surface area contributed by atoms with Gasteiger partial charge in [-0.3, -0.25) is 9.69 Å². The Morgan fingerprint density at radius 1 is 1.16 bits per heavy atom. The van der Waals surface area contributed by atoms with Crippen molar-refractivity contribution in [2.24, 2.45) is 0 Å². The topological polar surface area (TPSA) is 169 Å². The molecule has 0 bridgehead atoms. The SMILES string of the molecule is COc1nc(Nc2nccc(-c3ccc(OC4(C)CCN(C(=O)[C@@H](O)CO)CC4(F)F)c(C#N)c3)n2)ccc1N1CCN(C2COC2)CC1. The number of carbonyl (C=O) groups excluding carboxylic acids is 1. The van der Waals surface area contributed by atoms with Crippen LogP contribution in [0.5, 0.6) is 11.6 Å². The number of benzene rings is 1. The second-order valence-electron chi connectivity index (χ2n) is 12.4. The van der Waals surface area contributed by atoms with Gasteiger partial charge >= 0.3 is 5.92 Å². The van der Waals surface area contributed by atoms with Gasteiger partial charge in [0.05, 0.1) is 50.8 Å². The Kier molecular flexibility index (Phi) is 9.79. The standard InChI is InChI=1S/C33H38F2N8O6/c1-32(8-10-43(20-33(32,34)35)30(46)26(45)17-44)49-27-5-3-21(15-22(27)16-36)24-7-9-37-31(38-24)40-28-6-4-25(29(39-28)47-2)42-13-11-41(12-14-42)23-18-48-19-23/h3-7,9,15,23,26,44-45H,8,10-14,17-20H2,1-2H3,(H,37,38,39,40)/t26-,32?/m0/s1. The van der Waals surface area contributed by atoms with Crippen molar-refractivity contribution in [1.82, 2.24) is 24.8 Å². The molecule has 3 aliphatic heterocycles. The molecule has 0 spiro atoms. The maximum atomic E-state index is 15.3. The van der Waals surface area contributed by atoms with Crippen LogP contribution in [0.25, 0.3) is 11.3 Å². The monoisotopic (exact) mass is 680 g/mol. The zero-order valence-corrected chi connectivity index (χ0v) is 27.2.